The molecular weight excluding hydrogens is 1150 g/mol. The van der Waals surface area contributed by atoms with Crippen LogP contribution in [-0.4, -0.2) is 165 Å². The van der Waals surface area contributed by atoms with Gasteiger partial charge >= 0.3 is 0 Å². The third-order valence-corrected chi connectivity index (χ3v) is 21.4. The minimum absolute atomic E-state index is 0.0179. The Kier molecular flexibility index (Phi) is 16.9. The van der Waals surface area contributed by atoms with Gasteiger partial charge in [-0.3, -0.25) is 24.7 Å². The van der Waals surface area contributed by atoms with Gasteiger partial charge in [-0.05, 0) is 157 Å². The highest BCUT2D eigenvalue weighted by atomic mass is 32.2. The lowest BCUT2D eigenvalue weighted by atomic mass is 9.59. The molecule has 4 N–H and O–H groups in total. The van der Waals surface area contributed by atoms with Crippen LogP contribution in [0.3, 0.4) is 0 Å². The van der Waals surface area contributed by atoms with E-state index in [1.807, 2.05) is 43.6 Å². The predicted octanol–water partition coefficient (Wildman–Crippen LogP) is 9.53. The third-order valence-electron chi connectivity index (χ3n) is 20.1. The van der Waals surface area contributed by atoms with Gasteiger partial charge < -0.3 is 53.8 Å². The molecule has 6 fully saturated rings. The zero-order valence-electron chi connectivity index (χ0n) is 51.6. The van der Waals surface area contributed by atoms with Gasteiger partial charge in [0.25, 0.3) is 21.6 Å². The van der Waals surface area contributed by atoms with Crippen LogP contribution in [0.2, 0.25) is 0 Å². The number of piperazine rings is 1. The first-order valence-corrected chi connectivity index (χ1v) is 33.2. The number of piperidine rings is 1. The van der Waals surface area contributed by atoms with E-state index in [-0.39, 0.29) is 53.4 Å². The number of ether oxygens (including phenoxy) is 5. The van der Waals surface area contributed by atoms with Crippen molar-refractivity contribution in [2.45, 2.75) is 132 Å². The Labute approximate surface area is 520 Å². The molecule has 23 heteroatoms. The minimum Gasteiger partial charge on any atom is -0.493 e. The lowest BCUT2D eigenvalue weighted by Crippen LogP contribution is -2.60. The molecule has 0 radical (unpaired) electrons. The number of carbonyl (C=O) groups is 1. The maximum Gasteiger partial charge on any atom is 0.293 e. The maximum absolute atomic E-state index is 14.9. The highest BCUT2D eigenvalue weighted by Crippen LogP contribution is 2.54. The highest BCUT2D eigenvalue weighted by Gasteiger charge is 2.51. The Hall–Kier alpha value is -7.28. The molecule has 3 aromatic heterocycles. The summed E-state index contributed by atoms with van der Waals surface area (Å²) in [5.74, 6) is 2.21. The number of rotatable bonds is 17. The first-order chi connectivity index (χ1) is 42.9. The molecule has 2 aliphatic carbocycles. The van der Waals surface area contributed by atoms with E-state index in [2.05, 4.69) is 90.6 Å². The van der Waals surface area contributed by atoms with E-state index in [0.29, 0.717) is 74.6 Å². The number of nitrogens with one attached hydrogen (secondary N) is 3. The number of morpholine rings is 1. The number of hydrogen-bond donors (Lipinski definition) is 4. The standard InChI is InChI=1S/C66H83N11O11S/c1-42(2)87-58-9-7-6-8-50(58)57-40-74(43(3)46-33-59(84-5)62(69-39-46)73-27-30-85-31-28-73)25-26-75(57)48-36-66(37-48)20-23-72(24-21-66)47-10-12-51(54(34-47)76-53-17-29-86-41-60(53)88-64-56(76)32-45-16-22-67-61(45)70-64)63(78)71-89(82,83)49-11-13-52(55(35-49)77(80)81)68-38-44-14-18-65(4,79)19-15-44/h6-13,16,22,32-35,39,42-44,48,53,57,60,68,79H,14-15,17-21,23-31,36-38,40-41H2,1-5H3,(H,67,70)(H,71,78)/t43-,44-,53+,57-,60+,65-/m1/s1. The Morgan fingerprint density at radius 2 is 1.67 bits per heavy atom. The van der Waals surface area contributed by atoms with Crippen molar-refractivity contribution in [3.63, 3.8) is 0 Å². The number of aromatic nitrogens is 3. The van der Waals surface area contributed by atoms with Gasteiger partial charge in [0.15, 0.2) is 11.6 Å². The van der Waals surface area contributed by atoms with E-state index in [4.69, 9.17) is 33.7 Å². The molecule has 89 heavy (non-hydrogen) atoms. The average Bonchev–Trinajstić information content (AvgIpc) is 1.27. The number of nitro groups is 1. The third kappa shape index (κ3) is 12.4. The predicted molar refractivity (Wildman–Crippen MR) is 339 cm³/mol. The number of nitro benzene ring substituents is 1. The molecule has 13 rings (SSSR count). The summed E-state index contributed by atoms with van der Waals surface area (Å²) in [5, 5.41) is 26.9. The fraction of sp³-hybridized carbons (Fsp3) is 0.530. The summed E-state index contributed by atoms with van der Waals surface area (Å²) < 4.78 is 61.7. The van der Waals surface area contributed by atoms with E-state index in [1.54, 1.807) is 13.2 Å². The number of H-pyrrole nitrogens is 1. The van der Waals surface area contributed by atoms with Crippen molar-refractivity contribution < 1.29 is 46.9 Å². The Bertz CT molecular complexity index is 3680. The molecule has 6 aromatic rings. The Morgan fingerprint density at radius 1 is 0.888 bits per heavy atom. The number of fused-ring (bicyclic) bond motifs is 3. The van der Waals surface area contributed by atoms with E-state index in [0.717, 1.165) is 124 Å². The molecule has 2 saturated carbocycles. The van der Waals surface area contributed by atoms with Crippen molar-refractivity contribution in [3.8, 4) is 17.4 Å². The fourth-order valence-corrected chi connectivity index (χ4v) is 15.9. The molecule has 4 saturated heterocycles. The minimum atomic E-state index is -4.66. The molecule has 1 spiro atoms. The summed E-state index contributed by atoms with van der Waals surface area (Å²) in [6.07, 6.45) is 10.8. The van der Waals surface area contributed by atoms with E-state index >= 15 is 0 Å². The molecule has 22 nitrogen and oxygen atoms in total. The zero-order valence-corrected chi connectivity index (χ0v) is 52.4. The van der Waals surface area contributed by atoms with Crippen LogP contribution in [0.1, 0.15) is 119 Å². The topological polar surface area (TPSA) is 243 Å². The van der Waals surface area contributed by atoms with Crippen LogP contribution in [0.25, 0.3) is 11.0 Å². The van der Waals surface area contributed by atoms with Crippen LogP contribution >= 0.6 is 0 Å². The van der Waals surface area contributed by atoms with Crippen LogP contribution < -0.4 is 38.9 Å². The van der Waals surface area contributed by atoms with E-state index in [9.17, 15) is 28.4 Å². The number of amides is 1. The number of anilines is 5. The Morgan fingerprint density at radius 3 is 2.44 bits per heavy atom. The smallest absolute Gasteiger partial charge is 0.293 e. The lowest BCUT2D eigenvalue weighted by Gasteiger charge is -2.58. The number of nitrogens with zero attached hydrogens (tertiary/aromatic N) is 8. The summed E-state index contributed by atoms with van der Waals surface area (Å²) in [7, 11) is -2.94. The summed E-state index contributed by atoms with van der Waals surface area (Å²) >= 11 is 0. The van der Waals surface area contributed by atoms with Gasteiger partial charge in [-0.1, -0.05) is 18.2 Å². The van der Waals surface area contributed by atoms with Gasteiger partial charge in [0.2, 0.25) is 5.88 Å². The van der Waals surface area contributed by atoms with E-state index in [1.165, 1.54) is 17.7 Å². The quantitative estimate of drug-likeness (QED) is 0.0491. The Balaban J connectivity index is 0.749. The van der Waals surface area contributed by atoms with E-state index < -0.39 is 43.1 Å². The molecule has 7 aliphatic rings. The van der Waals surface area contributed by atoms with Crippen molar-refractivity contribution in [2.24, 2.45) is 11.3 Å². The summed E-state index contributed by atoms with van der Waals surface area (Å²) in [4.78, 5) is 51.4. The van der Waals surface area contributed by atoms with Crippen molar-refractivity contribution >= 4 is 61.2 Å². The second-order valence-corrected chi connectivity index (χ2v) is 27.8. The van der Waals surface area contributed by atoms with Crippen LogP contribution in [0.15, 0.2) is 96.2 Å². The molecule has 4 atom stereocenters. The van der Waals surface area contributed by atoms with Gasteiger partial charge in [-0.15, -0.1) is 0 Å². The number of pyridine rings is 2. The molecule has 0 unspecified atom stereocenters. The molecule has 3 aromatic carbocycles. The second kappa shape index (κ2) is 24.8. The van der Waals surface area contributed by atoms with Gasteiger partial charge in [-0.2, -0.15) is 4.98 Å². The molecule has 474 valence electrons. The molecule has 5 aliphatic heterocycles. The summed E-state index contributed by atoms with van der Waals surface area (Å²) in [6.45, 7) is 16.5. The number of benzene rings is 3. The number of carbonyl (C=O) groups excluding carboxylic acids is 1. The number of para-hydroxylation sites is 1. The SMILES string of the molecule is COc1cc([C@@H](C)N2CCN(C3CC4(CCN(c5ccc(C(=O)NS(=O)(=O)c6ccc(NC[C@H]7CC[C@](C)(O)CC7)c([N+](=O)[O-])c6)c(N6c7cc8cc[nH]c8nc7O[C@H]7COCC[C@@H]76)c5)CC4)C3)[C@@H](c3ccccc3OC(C)C)C2)cnc1N1CCOCC1. The van der Waals surface area contributed by atoms with Crippen molar-refractivity contribution in [3.05, 3.63) is 118 Å². The fourth-order valence-electron chi connectivity index (χ4n) is 14.9. The van der Waals surface area contributed by atoms with Crippen molar-refractivity contribution in [2.75, 3.05) is 106 Å². The first kappa shape index (κ1) is 60.6. The zero-order chi connectivity index (χ0) is 61.8. The first-order valence-electron chi connectivity index (χ1n) is 31.8. The summed E-state index contributed by atoms with van der Waals surface area (Å²) in [6, 6.07) is 24.1. The number of methoxy groups -OCH3 is 1. The average molecular weight is 1240 g/mol. The molecule has 0 bridgehead atoms. The van der Waals surface area contributed by atoms with Crippen LogP contribution in [0.5, 0.6) is 17.4 Å². The molecule has 1 amide bonds. The van der Waals surface area contributed by atoms with Gasteiger partial charge in [0.05, 0.1) is 71.8 Å². The molecule has 8 heterocycles. The van der Waals surface area contributed by atoms with Crippen molar-refractivity contribution in [1.29, 1.82) is 0 Å². The van der Waals surface area contributed by atoms with Crippen LogP contribution in [-0.2, 0) is 19.5 Å². The highest BCUT2D eigenvalue weighted by molar-refractivity contribution is 7.90. The van der Waals surface area contributed by atoms with Gasteiger partial charge in [0.1, 0.15) is 28.9 Å². The second-order valence-electron chi connectivity index (χ2n) is 26.2. The maximum atomic E-state index is 14.9. The van der Waals surface area contributed by atoms with Gasteiger partial charge in [0, 0.05) is 106 Å². The number of hydrogen-bond acceptors (Lipinski definition) is 19. The number of aromatic amines is 1. The monoisotopic (exact) mass is 1240 g/mol. The largest absolute Gasteiger partial charge is 0.493 e. The number of sulfonamides is 1. The van der Waals surface area contributed by atoms with Gasteiger partial charge in [-0.25, -0.2) is 18.1 Å². The molecular formula is C66H83N11O11S. The van der Waals surface area contributed by atoms with Crippen LogP contribution in [0, 0.1) is 21.4 Å². The summed E-state index contributed by atoms with van der Waals surface area (Å²) in [5.41, 5.74) is 4.22. The lowest BCUT2D eigenvalue weighted by molar-refractivity contribution is -0.384. The normalized spacial score (nSPS) is 24.6. The van der Waals surface area contributed by atoms with Crippen molar-refractivity contribution in [1.82, 2.24) is 29.5 Å². The number of aliphatic hydroxyl groups is 1. The van der Waals surface area contributed by atoms with Crippen LogP contribution in [0.4, 0.5) is 34.3 Å².